The Hall–Kier alpha value is -0.480. The predicted octanol–water partition coefficient (Wildman–Crippen LogP) is 1.17. The van der Waals surface area contributed by atoms with Crippen molar-refractivity contribution in [2.45, 2.75) is 32.3 Å². The summed E-state index contributed by atoms with van der Waals surface area (Å²) in [5.74, 6) is 2.40. The summed E-state index contributed by atoms with van der Waals surface area (Å²) in [7, 11) is 0. The second-order valence-electron chi connectivity index (χ2n) is 3.28. The molecule has 0 saturated heterocycles. The van der Waals surface area contributed by atoms with Crippen molar-refractivity contribution in [2.24, 2.45) is 5.41 Å². The lowest BCUT2D eigenvalue weighted by molar-refractivity contribution is 0.0505. The Kier molecular flexibility index (Phi) is 1.12. The van der Waals surface area contributed by atoms with Crippen LogP contribution in [0.4, 0.5) is 0 Å². The van der Waals surface area contributed by atoms with E-state index in [1.165, 1.54) is 0 Å². The summed E-state index contributed by atoms with van der Waals surface area (Å²) in [6.45, 7) is 3.73. The maximum Gasteiger partial charge on any atom is 0.127 e. The Balaban J connectivity index is 2.73. The fraction of sp³-hybridized carbons (Fsp3) is 0.750. The van der Waals surface area contributed by atoms with Crippen molar-refractivity contribution in [1.82, 2.24) is 0 Å². The molecule has 0 bridgehead atoms. The Morgan fingerprint density at radius 1 is 1.67 bits per heavy atom. The van der Waals surface area contributed by atoms with E-state index in [4.69, 9.17) is 6.42 Å². The highest BCUT2D eigenvalue weighted by Gasteiger charge is 2.51. The summed E-state index contributed by atoms with van der Waals surface area (Å²) in [5.41, 5.74) is -0.866. The minimum Gasteiger partial charge on any atom is -0.377 e. The normalized spacial score (nSPS) is 28.2. The highest BCUT2D eigenvalue weighted by molar-refractivity contribution is 5.18. The van der Waals surface area contributed by atoms with Crippen molar-refractivity contribution < 1.29 is 5.11 Å². The largest absolute Gasteiger partial charge is 0.377 e. The van der Waals surface area contributed by atoms with Gasteiger partial charge < -0.3 is 5.11 Å². The van der Waals surface area contributed by atoms with Crippen LogP contribution in [0.25, 0.3) is 0 Å². The molecule has 1 aliphatic carbocycles. The minimum atomic E-state index is -0.882. The molecule has 9 heavy (non-hydrogen) atoms. The molecular weight excluding hydrogens is 112 g/mol. The van der Waals surface area contributed by atoms with E-state index in [1.54, 1.807) is 6.92 Å². The van der Waals surface area contributed by atoms with E-state index in [9.17, 15) is 5.11 Å². The van der Waals surface area contributed by atoms with Crippen LogP contribution >= 0.6 is 0 Å². The van der Waals surface area contributed by atoms with Crippen LogP contribution in [-0.4, -0.2) is 10.7 Å². The van der Waals surface area contributed by atoms with E-state index in [1.807, 2.05) is 6.92 Å². The van der Waals surface area contributed by atoms with Gasteiger partial charge in [-0.2, -0.15) is 0 Å². The lowest BCUT2D eigenvalue weighted by Crippen LogP contribution is -2.31. The van der Waals surface area contributed by atoms with Crippen LogP contribution in [-0.2, 0) is 0 Å². The molecule has 1 aliphatic rings. The molecule has 0 radical (unpaired) electrons. The van der Waals surface area contributed by atoms with Crippen LogP contribution in [0.5, 0.6) is 0 Å². The van der Waals surface area contributed by atoms with Crippen LogP contribution < -0.4 is 0 Å². The number of hydrogen-bond acceptors (Lipinski definition) is 1. The number of rotatable bonds is 1. The molecule has 0 aliphatic heterocycles. The smallest absolute Gasteiger partial charge is 0.127 e. The van der Waals surface area contributed by atoms with Crippen LogP contribution in [0.2, 0.25) is 0 Å². The van der Waals surface area contributed by atoms with Crippen LogP contribution in [0.1, 0.15) is 26.7 Å². The highest BCUT2D eigenvalue weighted by Crippen LogP contribution is 2.53. The van der Waals surface area contributed by atoms with Crippen molar-refractivity contribution in [1.29, 1.82) is 0 Å². The molecule has 0 heterocycles. The quantitative estimate of drug-likeness (QED) is 0.520. The van der Waals surface area contributed by atoms with Gasteiger partial charge in [0.25, 0.3) is 0 Å². The predicted molar refractivity (Wildman–Crippen MR) is 36.8 cm³/mol. The summed E-state index contributed by atoms with van der Waals surface area (Å²) in [5, 5.41) is 9.49. The van der Waals surface area contributed by atoms with E-state index < -0.39 is 5.60 Å². The van der Waals surface area contributed by atoms with E-state index >= 15 is 0 Å². The Morgan fingerprint density at radius 2 is 2.11 bits per heavy atom. The van der Waals surface area contributed by atoms with Gasteiger partial charge in [-0.15, -0.1) is 6.42 Å². The van der Waals surface area contributed by atoms with Gasteiger partial charge in [0.2, 0.25) is 0 Å². The third-order valence-corrected chi connectivity index (χ3v) is 2.46. The Morgan fingerprint density at radius 3 is 2.22 bits per heavy atom. The van der Waals surface area contributed by atoms with Gasteiger partial charge in [-0.25, -0.2) is 0 Å². The fourth-order valence-electron chi connectivity index (χ4n) is 0.849. The Labute approximate surface area is 56.1 Å². The molecule has 1 rings (SSSR count). The first-order valence-electron chi connectivity index (χ1n) is 3.22. The second-order valence-corrected chi connectivity index (χ2v) is 3.28. The standard InChI is InChI=1S/C8H12O/c1-4-8(3,9)7(2)5-6-7/h1,9H,5-6H2,2-3H3. The minimum absolute atomic E-state index is 0.0156. The van der Waals surface area contributed by atoms with Gasteiger partial charge in [0.15, 0.2) is 0 Å². The third-order valence-electron chi connectivity index (χ3n) is 2.46. The molecule has 1 atom stereocenters. The van der Waals surface area contributed by atoms with Crippen molar-refractivity contribution in [3.63, 3.8) is 0 Å². The first kappa shape index (κ1) is 6.64. The van der Waals surface area contributed by atoms with Gasteiger partial charge in [0, 0.05) is 5.41 Å². The summed E-state index contributed by atoms with van der Waals surface area (Å²) in [4.78, 5) is 0. The molecule has 0 aromatic heterocycles. The van der Waals surface area contributed by atoms with Gasteiger partial charge in [0.05, 0.1) is 0 Å². The van der Waals surface area contributed by atoms with Crippen molar-refractivity contribution in [3.8, 4) is 12.3 Å². The Bertz CT molecular complexity index is 158. The molecule has 0 amide bonds. The molecule has 1 N–H and O–H groups in total. The SMILES string of the molecule is C#CC(C)(O)C1(C)CC1. The van der Waals surface area contributed by atoms with E-state index in [-0.39, 0.29) is 5.41 Å². The van der Waals surface area contributed by atoms with Crippen molar-refractivity contribution >= 4 is 0 Å². The third kappa shape index (κ3) is 0.840. The summed E-state index contributed by atoms with van der Waals surface area (Å²) in [6, 6.07) is 0. The zero-order valence-electron chi connectivity index (χ0n) is 5.94. The van der Waals surface area contributed by atoms with Gasteiger partial charge in [0.1, 0.15) is 5.60 Å². The van der Waals surface area contributed by atoms with Gasteiger partial charge in [-0.3, -0.25) is 0 Å². The molecule has 1 saturated carbocycles. The van der Waals surface area contributed by atoms with Crippen molar-refractivity contribution in [2.75, 3.05) is 0 Å². The van der Waals surface area contributed by atoms with Crippen LogP contribution in [0, 0.1) is 17.8 Å². The topological polar surface area (TPSA) is 20.2 Å². The molecule has 1 unspecified atom stereocenters. The number of hydrogen-bond donors (Lipinski definition) is 1. The molecular formula is C8H12O. The lowest BCUT2D eigenvalue weighted by atomic mass is 9.89. The maximum absolute atomic E-state index is 9.49. The molecule has 1 heteroatoms. The highest BCUT2D eigenvalue weighted by atomic mass is 16.3. The summed E-state index contributed by atoms with van der Waals surface area (Å²) in [6.07, 6.45) is 7.25. The number of aliphatic hydroxyl groups is 1. The van der Waals surface area contributed by atoms with Crippen LogP contribution in [0.3, 0.4) is 0 Å². The molecule has 0 spiro atoms. The zero-order valence-corrected chi connectivity index (χ0v) is 5.94. The molecule has 0 aromatic carbocycles. The number of terminal acetylenes is 1. The lowest BCUT2D eigenvalue weighted by Gasteiger charge is -2.23. The van der Waals surface area contributed by atoms with Crippen LogP contribution in [0.15, 0.2) is 0 Å². The van der Waals surface area contributed by atoms with Crippen molar-refractivity contribution in [3.05, 3.63) is 0 Å². The molecule has 0 aromatic rings. The van der Waals surface area contributed by atoms with E-state index in [2.05, 4.69) is 5.92 Å². The molecule has 1 nitrogen and oxygen atoms in total. The average Bonchev–Trinajstić information content (AvgIpc) is 2.49. The second kappa shape index (κ2) is 1.52. The molecule has 50 valence electrons. The first-order chi connectivity index (χ1) is 4.02. The summed E-state index contributed by atoms with van der Waals surface area (Å²) < 4.78 is 0. The van der Waals surface area contributed by atoms with E-state index in [0.717, 1.165) is 12.8 Å². The molecule has 1 fully saturated rings. The van der Waals surface area contributed by atoms with Gasteiger partial charge in [-0.1, -0.05) is 12.8 Å². The van der Waals surface area contributed by atoms with Gasteiger partial charge in [-0.05, 0) is 19.8 Å². The van der Waals surface area contributed by atoms with Gasteiger partial charge >= 0.3 is 0 Å². The zero-order chi connectivity index (χ0) is 7.12. The monoisotopic (exact) mass is 124 g/mol. The summed E-state index contributed by atoms with van der Waals surface area (Å²) >= 11 is 0. The van der Waals surface area contributed by atoms with E-state index in [0.29, 0.717) is 0 Å². The first-order valence-corrected chi connectivity index (χ1v) is 3.22. The fourth-order valence-corrected chi connectivity index (χ4v) is 0.849. The maximum atomic E-state index is 9.49. The average molecular weight is 124 g/mol.